The van der Waals surface area contributed by atoms with Gasteiger partial charge in [-0.2, -0.15) is 4.73 Å². The van der Waals surface area contributed by atoms with E-state index in [9.17, 15) is 18.8 Å². The van der Waals surface area contributed by atoms with Crippen molar-refractivity contribution in [3.8, 4) is 11.6 Å². The van der Waals surface area contributed by atoms with Crippen molar-refractivity contribution in [3.63, 3.8) is 0 Å². The van der Waals surface area contributed by atoms with Crippen molar-refractivity contribution in [2.75, 3.05) is 0 Å². The lowest BCUT2D eigenvalue weighted by molar-refractivity contribution is -0.605. The largest absolute Gasteiger partial charge is 0.619 e. The third kappa shape index (κ3) is 4.10. The molecule has 26 heavy (non-hydrogen) atoms. The molecule has 0 aliphatic carbocycles. The van der Waals surface area contributed by atoms with Crippen LogP contribution in [0.15, 0.2) is 61.1 Å². The number of hydrogen-bond donors (Lipinski definition) is 1. The van der Waals surface area contributed by atoms with Crippen molar-refractivity contribution in [2.24, 2.45) is 0 Å². The Bertz CT molecular complexity index is 950. The highest BCUT2D eigenvalue weighted by Crippen LogP contribution is 2.26. The monoisotopic (exact) mass is 357 g/mol. The Hall–Kier alpha value is -3.55. The van der Waals surface area contributed by atoms with Gasteiger partial charge in [-0.05, 0) is 24.3 Å². The van der Waals surface area contributed by atoms with Gasteiger partial charge in [0.05, 0.1) is 0 Å². The molecule has 0 saturated carbocycles. The predicted molar refractivity (Wildman–Crippen MR) is 87.2 cm³/mol. The molecule has 0 aliphatic rings. The Balaban J connectivity index is 1.74. The maximum absolute atomic E-state index is 13.7. The molecule has 2 aromatic heterocycles. The second kappa shape index (κ2) is 7.56. The smallest absolute Gasteiger partial charge is 0.257 e. The van der Waals surface area contributed by atoms with Crippen LogP contribution in [0.1, 0.15) is 15.9 Å². The highest BCUT2D eigenvalue weighted by Gasteiger charge is 2.13. The van der Waals surface area contributed by atoms with Crippen molar-refractivity contribution in [3.05, 3.63) is 89.0 Å². The third-order valence-electron chi connectivity index (χ3n) is 3.43. The summed E-state index contributed by atoms with van der Waals surface area (Å²) in [5, 5.41) is 13.9. The number of benzene rings is 1. The first-order chi connectivity index (χ1) is 12.5. The lowest BCUT2D eigenvalue weighted by atomic mass is 10.2. The second-order valence-corrected chi connectivity index (χ2v) is 5.28. The lowest BCUT2D eigenvalue weighted by Crippen LogP contribution is -2.29. The van der Waals surface area contributed by atoms with Crippen LogP contribution in [0.5, 0.6) is 11.6 Å². The molecule has 0 atom stereocenters. The topological polar surface area (TPSA) is 78.2 Å². The van der Waals surface area contributed by atoms with Gasteiger partial charge in [0.25, 0.3) is 5.91 Å². The van der Waals surface area contributed by atoms with E-state index in [-0.39, 0.29) is 23.7 Å². The van der Waals surface area contributed by atoms with Gasteiger partial charge in [-0.3, -0.25) is 4.79 Å². The average Bonchev–Trinajstić information content (AvgIpc) is 2.63. The van der Waals surface area contributed by atoms with Gasteiger partial charge in [0.15, 0.2) is 24.0 Å². The van der Waals surface area contributed by atoms with E-state index in [1.54, 1.807) is 12.1 Å². The maximum atomic E-state index is 13.7. The molecule has 3 aromatic rings. The highest BCUT2D eigenvalue weighted by molar-refractivity contribution is 5.93. The zero-order valence-corrected chi connectivity index (χ0v) is 13.4. The minimum atomic E-state index is -0.866. The Morgan fingerprint density at radius 1 is 1.23 bits per heavy atom. The molecule has 1 aromatic carbocycles. The first kappa shape index (κ1) is 17.3. The zero-order chi connectivity index (χ0) is 18.5. The predicted octanol–water partition coefficient (Wildman–Crippen LogP) is 2.72. The number of nitrogens with zero attached hydrogens (tertiary/aromatic N) is 2. The number of aromatic nitrogens is 2. The summed E-state index contributed by atoms with van der Waals surface area (Å²) < 4.78 is 32.6. The van der Waals surface area contributed by atoms with Gasteiger partial charge in [-0.1, -0.05) is 6.07 Å². The number of carbonyl (C=O) groups excluding carboxylic acids is 1. The van der Waals surface area contributed by atoms with Crippen molar-refractivity contribution >= 4 is 5.91 Å². The Kier molecular flexibility index (Phi) is 5.02. The molecule has 0 bridgehead atoms. The van der Waals surface area contributed by atoms with Gasteiger partial charge in [-0.25, -0.2) is 13.8 Å². The molecule has 0 radical (unpaired) electrons. The number of pyridine rings is 2. The quantitative estimate of drug-likeness (QED) is 0.563. The van der Waals surface area contributed by atoms with Crippen molar-refractivity contribution in [1.29, 1.82) is 0 Å². The molecule has 3 rings (SSSR count). The molecule has 2 heterocycles. The molecular weight excluding hydrogens is 344 g/mol. The number of carbonyl (C=O) groups is 1. The summed E-state index contributed by atoms with van der Waals surface area (Å²) >= 11 is 0. The van der Waals surface area contributed by atoms with E-state index in [4.69, 9.17) is 4.74 Å². The SMILES string of the molecule is O=C(NCc1cccnc1Oc1ccc(F)cc1F)c1ccc[n+]([O-])c1. The van der Waals surface area contributed by atoms with E-state index >= 15 is 0 Å². The van der Waals surface area contributed by atoms with E-state index in [1.165, 1.54) is 24.5 Å². The number of nitrogens with one attached hydrogen (secondary N) is 1. The zero-order valence-electron chi connectivity index (χ0n) is 13.4. The van der Waals surface area contributed by atoms with Crippen LogP contribution >= 0.6 is 0 Å². The Morgan fingerprint density at radius 2 is 2.08 bits per heavy atom. The number of amides is 1. The molecule has 0 unspecified atom stereocenters. The number of rotatable bonds is 5. The minimum Gasteiger partial charge on any atom is -0.619 e. The fraction of sp³-hybridized carbons (Fsp3) is 0.0556. The number of hydrogen-bond acceptors (Lipinski definition) is 4. The molecular formula is C18H13F2N3O3. The average molecular weight is 357 g/mol. The van der Waals surface area contributed by atoms with E-state index < -0.39 is 17.5 Å². The van der Waals surface area contributed by atoms with Crippen molar-refractivity contribution < 1.29 is 23.0 Å². The van der Waals surface area contributed by atoms with Crippen LogP contribution in [-0.4, -0.2) is 10.9 Å². The molecule has 8 heteroatoms. The van der Waals surface area contributed by atoms with Crippen LogP contribution in [-0.2, 0) is 6.54 Å². The molecule has 0 aliphatic heterocycles. The van der Waals surface area contributed by atoms with E-state index in [2.05, 4.69) is 10.3 Å². The molecule has 0 spiro atoms. The Morgan fingerprint density at radius 3 is 2.85 bits per heavy atom. The van der Waals surface area contributed by atoms with Gasteiger partial charge >= 0.3 is 0 Å². The van der Waals surface area contributed by atoms with Crippen LogP contribution in [0, 0.1) is 16.8 Å². The van der Waals surface area contributed by atoms with Crippen LogP contribution < -0.4 is 14.8 Å². The molecule has 1 N–H and O–H groups in total. The first-order valence-electron chi connectivity index (χ1n) is 7.57. The van der Waals surface area contributed by atoms with Crippen molar-refractivity contribution in [2.45, 2.75) is 6.54 Å². The van der Waals surface area contributed by atoms with Gasteiger partial charge in [0, 0.05) is 30.4 Å². The fourth-order valence-electron chi connectivity index (χ4n) is 2.18. The molecule has 132 valence electrons. The van der Waals surface area contributed by atoms with Crippen LogP contribution in [0.2, 0.25) is 0 Å². The summed E-state index contributed by atoms with van der Waals surface area (Å²) in [7, 11) is 0. The molecule has 6 nitrogen and oxygen atoms in total. The van der Waals surface area contributed by atoms with Crippen LogP contribution in [0.4, 0.5) is 8.78 Å². The summed E-state index contributed by atoms with van der Waals surface area (Å²) in [4.78, 5) is 16.1. The summed E-state index contributed by atoms with van der Waals surface area (Å²) in [5.41, 5.74) is 0.675. The summed E-state index contributed by atoms with van der Waals surface area (Å²) in [6, 6.07) is 9.14. The second-order valence-electron chi connectivity index (χ2n) is 5.28. The Labute approximate surface area is 147 Å². The van der Waals surface area contributed by atoms with Crippen LogP contribution in [0.3, 0.4) is 0 Å². The maximum Gasteiger partial charge on any atom is 0.257 e. The summed E-state index contributed by atoms with van der Waals surface area (Å²) in [6.45, 7) is 0.0402. The van der Waals surface area contributed by atoms with Gasteiger partial charge < -0.3 is 15.3 Å². The van der Waals surface area contributed by atoms with E-state index in [0.717, 1.165) is 18.3 Å². The molecule has 1 amide bonds. The molecule has 0 saturated heterocycles. The normalized spacial score (nSPS) is 10.4. The third-order valence-corrected chi connectivity index (χ3v) is 3.43. The van der Waals surface area contributed by atoms with Gasteiger partial charge in [0.2, 0.25) is 5.88 Å². The summed E-state index contributed by atoms with van der Waals surface area (Å²) in [6.07, 6.45) is 3.85. The van der Waals surface area contributed by atoms with Gasteiger partial charge in [0.1, 0.15) is 11.4 Å². The molecule has 0 fully saturated rings. The highest BCUT2D eigenvalue weighted by atomic mass is 19.1. The van der Waals surface area contributed by atoms with Crippen LogP contribution in [0.25, 0.3) is 0 Å². The van der Waals surface area contributed by atoms with E-state index in [0.29, 0.717) is 16.4 Å². The lowest BCUT2D eigenvalue weighted by Gasteiger charge is -2.11. The summed E-state index contributed by atoms with van der Waals surface area (Å²) in [5.74, 6) is -2.16. The number of ether oxygens (including phenoxy) is 1. The van der Waals surface area contributed by atoms with Crippen molar-refractivity contribution in [1.82, 2.24) is 10.3 Å². The van der Waals surface area contributed by atoms with Gasteiger partial charge in [-0.15, -0.1) is 0 Å². The number of halogens is 2. The fourth-order valence-corrected chi connectivity index (χ4v) is 2.18. The standard InChI is InChI=1S/C18H13F2N3O3/c19-14-5-6-16(15(20)9-14)26-18-12(3-1-7-21-18)10-22-17(24)13-4-2-8-23(25)11-13/h1-9,11H,10H2,(H,22,24). The minimum absolute atomic E-state index is 0.0402. The first-order valence-corrected chi connectivity index (χ1v) is 7.57. The van der Waals surface area contributed by atoms with E-state index in [1.807, 2.05) is 0 Å².